The predicted molar refractivity (Wildman–Crippen MR) is 70.0 cm³/mol. The number of hydrogen-bond donors (Lipinski definition) is 1. The van der Waals surface area contributed by atoms with Gasteiger partial charge in [-0.25, -0.2) is 12.8 Å². The Bertz CT molecular complexity index is 525. The topological polar surface area (TPSA) is 71.4 Å². The Morgan fingerprint density at radius 3 is 2.58 bits per heavy atom. The van der Waals surface area contributed by atoms with Gasteiger partial charge >= 0.3 is 5.97 Å². The number of benzene rings is 1. The highest BCUT2D eigenvalue weighted by Crippen LogP contribution is 2.11. The number of unbranched alkanes of at least 4 members (excludes halogenated alkanes) is 2. The zero-order valence-corrected chi connectivity index (χ0v) is 11.3. The van der Waals surface area contributed by atoms with Crippen LogP contribution in [-0.4, -0.2) is 25.2 Å². The first-order chi connectivity index (χ1) is 8.89. The van der Waals surface area contributed by atoms with Gasteiger partial charge in [0.25, 0.3) is 0 Å². The van der Waals surface area contributed by atoms with Gasteiger partial charge in [-0.1, -0.05) is 18.6 Å². The van der Waals surface area contributed by atoms with Crippen LogP contribution in [0.5, 0.6) is 0 Å². The first-order valence-electron chi connectivity index (χ1n) is 6.06. The lowest BCUT2D eigenvalue weighted by Crippen LogP contribution is -2.09. The largest absolute Gasteiger partial charge is 0.481 e. The molecule has 0 radical (unpaired) electrons. The van der Waals surface area contributed by atoms with E-state index in [1.165, 1.54) is 18.2 Å². The Morgan fingerprint density at radius 1 is 1.21 bits per heavy atom. The van der Waals surface area contributed by atoms with Gasteiger partial charge < -0.3 is 5.11 Å². The van der Waals surface area contributed by atoms with Crippen LogP contribution < -0.4 is 0 Å². The maximum Gasteiger partial charge on any atom is 0.303 e. The minimum Gasteiger partial charge on any atom is -0.481 e. The molecular formula is C13H17FO4S. The summed E-state index contributed by atoms with van der Waals surface area (Å²) in [5.74, 6) is -1.50. The zero-order chi connectivity index (χ0) is 14.3. The number of carboxylic acids is 1. The molecule has 6 heteroatoms. The van der Waals surface area contributed by atoms with Crippen LogP contribution in [0.4, 0.5) is 4.39 Å². The molecule has 0 heterocycles. The van der Waals surface area contributed by atoms with Gasteiger partial charge in [-0.2, -0.15) is 0 Å². The molecule has 1 N–H and O–H groups in total. The van der Waals surface area contributed by atoms with E-state index in [2.05, 4.69) is 0 Å². The van der Waals surface area contributed by atoms with Gasteiger partial charge in [0, 0.05) is 6.42 Å². The Balaban J connectivity index is 2.38. The first kappa shape index (κ1) is 15.6. The van der Waals surface area contributed by atoms with Gasteiger partial charge in [-0.3, -0.25) is 4.79 Å². The molecule has 0 unspecified atom stereocenters. The van der Waals surface area contributed by atoms with Crippen molar-refractivity contribution in [3.05, 3.63) is 35.6 Å². The van der Waals surface area contributed by atoms with E-state index in [9.17, 15) is 17.6 Å². The second-order valence-electron chi connectivity index (χ2n) is 4.43. The summed E-state index contributed by atoms with van der Waals surface area (Å²) in [5.41, 5.74) is 0.436. The zero-order valence-electron chi connectivity index (χ0n) is 10.5. The van der Waals surface area contributed by atoms with Crippen LogP contribution in [0, 0.1) is 5.82 Å². The molecule has 0 spiro atoms. The van der Waals surface area contributed by atoms with Crippen LogP contribution in [0.1, 0.15) is 31.2 Å². The molecule has 0 aliphatic rings. The number of hydrogen-bond acceptors (Lipinski definition) is 3. The standard InChI is InChI=1S/C13H17FO4S/c14-12-6-4-5-11(9-12)10-19(17,18)8-3-1-2-7-13(15)16/h4-6,9H,1-3,7-8,10H2,(H,15,16). The second kappa shape index (κ2) is 7.23. The number of aliphatic carboxylic acids is 1. The third kappa shape index (κ3) is 6.91. The summed E-state index contributed by atoms with van der Waals surface area (Å²) in [6.45, 7) is 0. The summed E-state index contributed by atoms with van der Waals surface area (Å²) in [6.07, 6.45) is 1.54. The SMILES string of the molecule is O=C(O)CCCCCS(=O)(=O)Cc1cccc(F)c1. The number of carboxylic acid groups (broad SMARTS) is 1. The Morgan fingerprint density at radius 2 is 1.95 bits per heavy atom. The molecule has 0 amide bonds. The number of sulfone groups is 1. The van der Waals surface area contributed by atoms with Crippen molar-refractivity contribution in [2.75, 3.05) is 5.75 Å². The third-order valence-electron chi connectivity index (χ3n) is 2.62. The number of halogens is 1. The minimum absolute atomic E-state index is 0.00311. The molecule has 1 aromatic rings. The maximum atomic E-state index is 12.9. The van der Waals surface area contributed by atoms with E-state index in [0.29, 0.717) is 24.8 Å². The van der Waals surface area contributed by atoms with Gasteiger partial charge in [-0.15, -0.1) is 0 Å². The van der Waals surface area contributed by atoms with E-state index in [4.69, 9.17) is 5.11 Å². The van der Waals surface area contributed by atoms with Crippen LogP contribution in [0.3, 0.4) is 0 Å². The molecule has 0 aromatic heterocycles. The fourth-order valence-electron chi connectivity index (χ4n) is 1.73. The van der Waals surface area contributed by atoms with Crippen LogP contribution in [0.25, 0.3) is 0 Å². The van der Waals surface area contributed by atoms with Gasteiger partial charge in [0.05, 0.1) is 11.5 Å². The quantitative estimate of drug-likeness (QED) is 0.745. The average molecular weight is 288 g/mol. The summed E-state index contributed by atoms with van der Waals surface area (Å²) >= 11 is 0. The Hall–Kier alpha value is -1.43. The molecule has 1 rings (SSSR count). The van der Waals surface area contributed by atoms with Gasteiger partial charge in [0.15, 0.2) is 9.84 Å². The van der Waals surface area contributed by atoms with Crippen molar-refractivity contribution in [3.8, 4) is 0 Å². The molecule has 0 fully saturated rings. The van der Waals surface area contributed by atoms with Crippen LogP contribution in [0.2, 0.25) is 0 Å². The van der Waals surface area contributed by atoms with Crippen molar-refractivity contribution >= 4 is 15.8 Å². The molecule has 0 atom stereocenters. The highest BCUT2D eigenvalue weighted by atomic mass is 32.2. The van der Waals surface area contributed by atoms with Crippen molar-refractivity contribution in [3.63, 3.8) is 0 Å². The summed E-state index contributed by atoms with van der Waals surface area (Å²) in [5, 5.41) is 8.44. The molecule has 0 saturated carbocycles. The summed E-state index contributed by atoms with van der Waals surface area (Å²) < 4.78 is 36.5. The second-order valence-corrected chi connectivity index (χ2v) is 6.61. The summed E-state index contributed by atoms with van der Waals surface area (Å²) in [7, 11) is -3.27. The van der Waals surface area contributed by atoms with Crippen LogP contribution >= 0.6 is 0 Å². The fraction of sp³-hybridized carbons (Fsp3) is 0.462. The molecule has 19 heavy (non-hydrogen) atoms. The average Bonchev–Trinajstić information content (AvgIpc) is 2.27. The Labute approximate surface area is 112 Å². The van der Waals surface area contributed by atoms with Crippen LogP contribution in [0.15, 0.2) is 24.3 Å². The van der Waals surface area contributed by atoms with Gasteiger partial charge in [0.1, 0.15) is 5.82 Å². The minimum atomic E-state index is -3.27. The fourth-order valence-corrected chi connectivity index (χ4v) is 3.20. The number of carbonyl (C=O) groups is 1. The normalized spacial score (nSPS) is 11.4. The molecule has 0 aliphatic carbocycles. The lowest BCUT2D eigenvalue weighted by Gasteiger charge is -2.04. The molecule has 4 nitrogen and oxygen atoms in total. The molecular weight excluding hydrogens is 271 g/mol. The van der Waals surface area contributed by atoms with E-state index >= 15 is 0 Å². The van der Waals surface area contributed by atoms with E-state index < -0.39 is 21.6 Å². The van der Waals surface area contributed by atoms with Crippen molar-refractivity contribution in [2.45, 2.75) is 31.4 Å². The van der Waals surface area contributed by atoms with Crippen molar-refractivity contribution < 1.29 is 22.7 Å². The molecule has 0 aliphatic heterocycles. The van der Waals surface area contributed by atoms with Crippen LogP contribution in [-0.2, 0) is 20.4 Å². The summed E-state index contributed by atoms with van der Waals surface area (Å²) in [6, 6.07) is 5.53. The lowest BCUT2D eigenvalue weighted by atomic mass is 10.2. The van der Waals surface area contributed by atoms with E-state index in [-0.39, 0.29) is 17.9 Å². The number of rotatable bonds is 8. The lowest BCUT2D eigenvalue weighted by molar-refractivity contribution is -0.137. The van der Waals surface area contributed by atoms with Crippen molar-refractivity contribution in [1.29, 1.82) is 0 Å². The van der Waals surface area contributed by atoms with Crippen molar-refractivity contribution in [2.24, 2.45) is 0 Å². The molecule has 0 saturated heterocycles. The molecule has 106 valence electrons. The first-order valence-corrected chi connectivity index (χ1v) is 7.88. The smallest absolute Gasteiger partial charge is 0.303 e. The maximum absolute atomic E-state index is 12.9. The van der Waals surface area contributed by atoms with Gasteiger partial charge in [0.2, 0.25) is 0 Å². The van der Waals surface area contributed by atoms with E-state index in [0.717, 1.165) is 0 Å². The highest BCUT2D eigenvalue weighted by Gasteiger charge is 2.12. The monoisotopic (exact) mass is 288 g/mol. The third-order valence-corrected chi connectivity index (χ3v) is 4.31. The van der Waals surface area contributed by atoms with Gasteiger partial charge in [-0.05, 0) is 30.5 Å². The molecule has 0 bridgehead atoms. The van der Waals surface area contributed by atoms with E-state index in [1.54, 1.807) is 6.07 Å². The van der Waals surface area contributed by atoms with Crippen molar-refractivity contribution in [1.82, 2.24) is 0 Å². The highest BCUT2D eigenvalue weighted by molar-refractivity contribution is 7.90. The summed E-state index contributed by atoms with van der Waals surface area (Å²) in [4.78, 5) is 10.3. The molecule has 1 aromatic carbocycles. The van der Waals surface area contributed by atoms with E-state index in [1.807, 2.05) is 0 Å². The Kier molecular flexibility index (Phi) is 5.95. The predicted octanol–water partition coefficient (Wildman–Crippen LogP) is 2.39.